The van der Waals surface area contributed by atoms with Gasteiger partial charge in [0.1, 0.15) is 0 Å². The molecular weight excluding hydrogens is 329 g/mol. The molecule has 1 heterocycles. The lowest BCUT2D eigenvalue weighted by molar-refractivity contribution is 0.288. The monoisotopic (exact) mass is 347 g/mol. The van der Waals surface area contributed by atoms with Gasteiger partial charge in [0.05, 0.1) is 6.61 Å². The lowest BCUT2D eigenvalue weighted by Crippen LogP contribution is -2.40. The third kappa shape index (κ3) is 3.51. The van der Waals surface area contributed by atoms with Crippen LogP contribution in [0.5, 0.6) is 0 Å². The Labute approximate surface area is 116 Å². The second kappa shape index (κ2) is 6.49. The fourth-order valence-electron chi connectivity index (χ4n) is 2.40. The van der Waals surface area contributed by atoms with Gasteiger partial charge < -0.3 is 10.0 Å². The van der Waals surface area contributed by atoms with E-state index in [9.17, 15) is 5.11 Å². The van der Waals surface area contributed by atoms with Gasteiger partial charge in [-0.3, -0.25) is 0 Å². The highest BCUT2D eigenvalue weighted by atomic mass is 127. The zero-order valence-electron chi connectivity index (χ0n) is 9.85. The third-order valence-corrected chi connectivity index (χ3v) is 3.78. The molecule has 0 aromatic carbocycles. The van der Waals surface area contributed by atoms with E-state index in [4.69, 9.17) is 0 Å². The molecule has 0 atom stereocenters. The molecule has 94 valence electrons. The van der Waals surface area contributed by atoms with Crippen LogP contribution in [0.3, 0.4) is 0 Å². The van der Waals surface area contributed by atoms with E-state index in [-0.39, 0.29) is 6.61 Å². The molecule has 0 saturated heterocycles. The van der Waals surface area contributed by atoms with Gasteiger partial charge in [0.25, 0.3) is 0 Å². The molecule has 5 heteroatoms. The van der Waals surface area contributed by atoms with Crippen molar-refractivity contribution < 1.29 is 5.11 Å². The average molecular weight is 347 g/mol. The molecular formula is C12H18IN3O. The van der Waals surface area contributed by atoms with Crippen molar-refractivity contribution in [1.29, 1.82) is 0 Å². The first-order valence-corrected chi connectivity index (χ1v) is 7.24. The van der Waals surface area contributed by atoms with Crippen molar-refractivity contribution in [1.82, 2.24) is 9.97 Å². The second-order valence-corrected chi connectivity index (χ2v) is 5.66. The van der Waals surface area contributed by atoms with Crippen molar-refractivity contribution in [2.75, 3.05) is 18.1 Å². The number of hydrogen-bond donors (Lipinski definition) is 1. The molecule has 1 aromatic heterocycles. The first-order valence-electron chi connectivity index (χ1n) is 6.16. The van der Waals surface area contributed by atoms with Crippen molar-refractivity contribution in [3.8, 4) is 0 Å². The Morgan fingerprint density at radius 3 is 2.47 bits per heavy atom. The van der Waals surface area contributed by atoms with Crippen molar-refractivity contribution >= 4 is 28.5 Å². The number of aliphatic hydroxyl groups is 1. The van der Waals surface area contributed by atoms with Gasteiger partial charge in [0, 0.05) is 28.6 Å². The summed E-state index contributed by atoms with van der Waals surface area (Å²) in [6.45, 7) is 0.789. The van der Waals surface area contributed by atoms with Gasteiger partial charge in [-0.25, -0.2) is 9.97 Å². The molecule has 1 saturated carbocycles. The zero-order chi connectivity index (χ0) is 12.1. The van der Waals surface area contributed by atoms with Crippen molar-refractivity contribution in [2.24, 2.45) is 0 Å². The van der Waals surface area contributed by atoms with E-state index in [1.165, 1.54) is 32.1 Å². The smallest absolute Gasteiger partial charge is 0.225 e. The van der Waals surface area contributed by atoms with Gasteiger partial charge in [-0.2, -0.15) is 0 Å². The van der Waals surface area contributed by atoms with E-state index in [0.717, 1.165) is 9.52 Å². The van der Waals surface area contributed by atoms with Gasteiger partial charge in [-0.05, 0) is 35.4 Å². The minimum atomic E-state index is 0.159. The normalized spacial score (nSPS) is 17.1. The van der Waals surface area contributed by atoms with E-state index in [1.54, 1.807) is 0 Å². The summed E-state index contributed by atoms with van der Waals surface area (Å²) in [4.78, 5) is 10.9. The fourth-order valence-corrected chi connectivity index (χ4v) is 2.68. The third-order valence-electron chi connectivity index (χ3n) is 3.22. The molecule has 1 N–H and O–H groups in total. The molecule has 1 aliphatic rings. The van der Waals surface area contributed by atoms with Crippen molar-refractivity contribution in [3.63, 3.8) is 0 Å². The van der Waals surface area contributed by atoms with E-state index < -0.39 is 0 Å². The zero-order valence-corrected chi connectivity index (χ0v) is 12.0. The van der Waals surface area contributed by atoms with Crippen LogP contribution in [0.1, 0.15) is 32.1 Å². The summed E-state index contributed by atoms with van der Waals surface area (Å²) < 4.78 is 1.04. The van der Waals surface area contributed by atoms with Gasteiger partial charge in [-0.15, -0.1) is 0 Å². The van der Waals surface area contributed by atoms with Crippen LogP contribution in [0.15, 0.2) is 12.4 Å². The molecule has 0 bridgehead atoms. The number of hydrogen-bond acceptors (Lipinski definition) is 4. The molecule has 0 aliphatic heterocycles. The van der Waals surface area contributed by atoms with Gasteiger partial charge >= 0.3 is 0 Å². The largest absolute Gasteiger partial charge is 0.395 e. The molecule has 1 aliphatic carbocycles. The Hall–Kier alpha value is -0.430. The fraction of sp³-hybridized carbons (Fsp3) is 0.667. The number of aliphatic hydroxyl groups excluding tert-OH is 1. The SMILES string of the molecule is OCCN(c1ncc(I)cn1)C1CCCCC1. The Bertz CT molecular complexity index is 338. The lowest BCUT2D eigenvalue weighted by atomic mass is 9.94. The number of halogens is 1. The summed E-state index contributed by atoms with van der Waals surface area (Å²) in [5.74, 6) is 0.756. The molecule has 4 nitrogen and oxygen atoms in total. The highest BCUT2D eigenvalue weighted by Gasteiger charge is 2.22. The van der Waals surface area contributed by atoms with E-state index in [0.29, 0.717) is 12.6 Å². The van der Waals surface area contributed by atoms with Crippen LogP contribution < -0.4 is 4.90 Å². The number of anilines is 1. The summed E-state index contributed by atoms with van der Waals surface area (Å²) in [5.41, 5.74) is 0. The van der Waals surface area contributed by atoms with Crippen molar-refractivity contribution in [3.05, 3.63) is 16.0 Å². The Morgan fingerprint density at radius 1 is 1.24 bits per heavy atom. The predicted molar refractivity (Wildman–Crippen MR) is 76.1 cm³/mol. The summed E-state index contributed by atoms with van der Waals surface area (Å²) in [7, 11) is 0. The maximum atomic E-state index is 9.18. The first-order chi connectivity index (χ1) is 8.31. The molecule has 1 fully saturated rings. The maximum Gasteiger partial charge on any atom is 0.225 e. The highest BCUT2D eigenvalue weighted by molar-refractivity contribution is 14.1. The number of aromatic nitrogens is 2. The molecule has 0 spiro atoms. The van der Waals surface area contributed by atoms with Crippen LogP contribution in [-0.2, 0) is 0 Å². The van der Waals surface area contributed by atoms with Crippen LogP contribution >= 0.6 is 22.6 Å². The average Bonchev–Trinajstić information content (AvgIpc) is 2.38. The van der Waals surface area contributed by atoms with Crippen LogP contribution in [0.25, 0.3) is 0 Å². The quantitative estimate of drug-likeness (QED) is 0.849. The topological polar surface area (TPSA) is 49.2 Å². The molecule has 2 rings (SSSR count). The van der Waals surface area contributed by atoms with Crippen LogP contribution in [0.2, 0.25) is 0 Å². The van der Waals surface area contributed by atoms with E-state index in [2.05, 4.69) is 37.5 Å². The molecule has 0 radical (unpaired) electrons. The predicted octanol–water partition coefficient (Wildman–Crippen LogP) is 2.21. The molecule has 0 amide bonds. The molecule has 1 aromatic rings. The van der Waals surface area contributed by atoms with Crippen LogP contribution in [0, 0.1) is 3.57 Å². The molecule has 0 unspecified atom stereocenters. The Balaban J connectivity index is 2.12. The van der Waals surface area contributed by atoms with Gasteiger partial charge in [0.15, 0.2) is 0 Å². The van der Waals surface area contributed by atoms with Crippen LogP contribution in [-0.4, -0.2) is 34.3 Å². The number of rotatable bonds is 4. The second-order valence-electron chi connectivity index (χ2n) is 4.41. The summed E-state index contributed by atoms with van der Waals surface area (Å²) in [6, 6.07) is 0.496. The van der Waals surface area contributed by atoms with E-state index in [1.807, 2.05) is 12.4 Å². The molecule has 17 heavy (non-hydrogen) atoms. The summed E-state index contributed by atoms with van der Waals surface area (Å²) in [6.07, 6.45) is 9.92. The van der Waals surface area contributed by atoms with E-state index >= 15 is 0 Å². The van der Waals surface area contributed by atoms with Crippen molar-refractivity contribution in [2.45, 2.75) is 38.1 Å². The Morgan fingerprint density at radius 2 is 1.88 bits per heavy atom. The lowest BCUT2D eigenvalue weighted by Gasteiger charge is -2.33. The number of nitrogens with zero attached hydrogens (tertiary/aromatic N) is 3. The van der Waals surface area contributed by atoms with Gasteiger partial charge in [-0.1, -0.05) is 19.3 Å². The standard InChI is InChI=1S/C12H18IN3O/c13-10-8-14-12(15-9-10)16(6-7-17)11-4-2-1-3-5-11/h8-9,11,17H,1-7H2. The minimum absolute atomic E-state index is 0.159. The summed E-state index contributed by atoms with van der Waals surface area (Å²) in [5, 5.41) is 9.18. The Kier molecular flexibility index (Phi) is 4.97. The maximum absolute atomic E-state index is 9.18. The summed E-state index contributed by atoms with van der Waals surface area (Å²) >= 11 is 2.20. The van der Waals surface area contributed by atoms with Crippen LogP contribution in [0.4, 0.5) is 5.95 Å². The highest BCUT2D eigenvalue weighted by Crippen LogP contribution is 2.25. The minimum Gasteiger partial charge on any atom is -0.395 e. The first kappa shape index (κ1) is 13.0. The van der Waals surface area contributed by atoms with Gasteiger partial charge in [0.2, 0.25) is 5.95 Å².